The molecule has 148 valence electrons. The number of benzene rings is 1. The summed E-state index contributed by atoms with van der Waals surface area (Å²) in [4.78, 5) is 0. The van der Waals surface area contributed by atoms with E-state index in [0.29, 0.717) is 39.6 Å². The van der Waals surface area contributed by atoms with Gasteiger partial charge in [-0.15, -0.1) is 0 Å². The number of rotatable bonds is 14. The number of epoxide rings is 1. The van der Waals surface area contributed by atoms with E-state index in [1.54, 1.807) is 13.8 Å². The largest absolute Gasteiger partial charge is 0.491 e. The summed E-state index contributed by atoms with van der Waals surface area (Å²) in [6.07, 6.45) is -0.165. The van der Waals surface area contributed by atoms with Gasteiger partial charge in [0, 0.05) is 4.43 Å². The van der Waals surface area contributed by atoms with Crippen molar-refractivity contribution in [1.29, 1.82) is 0 Å². The third-order valence-electron chi connectivity index (χ3n) is 3.86. The fraction of sp³-hybridized carbons (Fsp3) is 0.684. The van der Waals surface area contributed by atoms with Gasteiger partial charge >= 0.3 is 0 Å². The lowest BCUT2D eigenvalue weighted by Gasteiger charge is -2.13. The van der Waals surface area contributed by atoms with E-state index in [1.807, 2.05) is 24.3 Å². The van der Waals surface area contributed by atoms with Gasteiger partial charge in [-0.2, -0.15) is 0 Å². The average molecular weight is 480 g/mol. The molecule has 2 atom stereocenters. The van der Waals surface area contributed by atoms with Crippen molar-refractivity contribution in [2.75, 3.05) is 50.7 Å². The Morgan fingerprint density at radius 1 is 0.923 bits per heavy atom. The average Bonchev–Trinajstić information content (AvgIpc) is 3.41. The minimum Gasteiger partial charge on any atom is -0.491 e. The van der Waals surface area contributed by atoms with E-state index in [-0.39, 0.29) is 12.2 Å². The predicted octanol–water partition coefficient (Wildman–Crippen LogP) is 2.76. The molecule has 0 aromatic heterocycles. The quantitative estimate of drug-likeness (QED) is 0.191. The van der Waals surface area contributed by atoms with Crippen molar-refractivity contribution in [3.63, 3.8) is 0 Å². The van der Waals surface area contributed by atoms with Gasteiger partial charge in [-0.25, -0.2) is 0 Å². The van der Waals surface area contributed by atoms with Crippen molar-refractivity contribution in [1.82, 2.24) is 0 Å². The van der Waals surface area contributed by atoms with Crippen molar-refractivity contribution in [2.45, 2.75) is 31.7 Å². The Kier molecular flexibility index (Phi) is 9.58. The molecule has 2 unspecified atom stereocenters. The number of alkyl halides is 1. The number of hydrogen-bond donors (Lipinski definition) is 1. The first-order valence-corrected chi connectivity index (χ1v) is 10.4. The molecule has 1 fully saturated rings. The topological polar surface area (TPSA) is 69.7 Å². The molecule has 26 heavy (non-hydrogen) atoms. The molecule has 1 saturated heterocycles. The molecular formula is C19H29IO6. The van der Waals surface area contributed by atoms with Gasteiger partial charge in [0.25, 0.3) is 0 Å². The van der Waals surface area contributed by atoms with Crippen LogP contribution in [0.3, 0.4) is 0 Å². The second kappa shape index (κ2) is 11.4. The fourth-order valence-corrected chi connectivity index (χ4v) is 2.78. The smallest absolute Gasteiger partial charge is 0.119 e. The molecule has 6 nitrogen and oxygen atoms in total. The number of aliphatic hydroxyl groups is 1. The summed E-state index contributed by atoms with van der Waals surface area (Å²) in [6, 6.07) is 7.77. The van der Waals surface area contributed by atoms with Crippen molar-refractivity contribution in [3.05, 3.63) is 29.8 Å². The highest BCUT2D eigenvalue weighted by Gasteiger charge is 2.49. The van der Waals surface area contributed by atoms with E-state index >= 15 is 0 Å². The van der Waals surface area contributed by atoms with Crippen LogP contribution in [0.1, 0.15) is 25.5 Å². The van der Waals surface area contributed by atoms with Crippen LogP contribution in [0.5, 0.6) is 5.75 Å². The molecule has 1 aromatic carbocycles. The maximum absolute atomic E-state index is 9.93. The monoisotopic (exact) mass is 480 g/mol. The zero-order chi connectivity index (χ0) is 18.8. The Morgan fingerprint density at radius 2 is 1.46 bits per heavy atom. The molecule has 7 heteroatoms. The Morgan fingerprint density at radius 3 is 1.96 bits per heavy atom. The lowest BCUT2D eigenvalue weighted by molar-refractivity contribution is 0.0120. The lowest BCUT2D eigenvalue weighted by atomic mass is 9.99. The summed E-state index contributed by atoms with van der Waals surface area (Å²) in [5.41, 5.74) is 0.240. The zero-order valence-electron chi connectivity index (χ0n) is 15.5. The van der Waals surface area contributed by atoms with Crippen LogP contribution in [-0.4, -0.2) is 67.5 Å². The van der Waals surface area contributed by atoms with E-state index in [1.165, 1.54) is 0 Å². The Hall–Kier alpha value is -0.450. The van der Waals surface area contributed by atoms with Crippen LogP contribution in [0.25, 0.3) is 0 Å². The number of halogens is 1. The molecule has 0 aliphatic carbocycles. The second-order valence-electron chi connectivity index (χ2n) is 6.57. The lowest BCUT2D eigenvalue weighted by Crippen LogP contribution is -2.26. The van der Waals surface area contributed by atoms with Crippen LogP contribution in [0, 0.1) is 0 Å². The van der Waals surface area contributed by atoms with E-state index in [0.717, 1.165) is 22.3 Å². The highest BCUT2D eigenvalue weighted by molar-refractivity contribution is 14.1. The summed E-state index contributed by atoms with van der Waals surface area (Å²) in [5.74, 6) is 0.793. The van der Waals surface area contributed by atoms with Gasteiger partial charge < -0.3 is 28.8 Å². The molecule has 0 bridgehead atoms. The van der Waals surface area contributed by atoms with Crippen molar-refractivity contribution in [3.8, 4) is 5.75 Å². The predicted molar refractivity (Wildman–Crippen MR) is 107 cm³/mol. The molecule has 1 N–H and O–H groups in total. The van der Waals surface area contributed by atoms with Crippen LogP contribution in [0.15, 0.2) is 24.3 Å². The molecular weight excluding hydrogens is 451 g/mol. The first-order chi connectivity index (χ1) is 12.5. The van der Waals surface area contributed by atoms with Crippen LogP contribution >= 0.6 is 22.6 Å². The van der Waals surface area contributed by atoms with Crippen LogP contribution in [0.2, 0.25) is 0 Å². The molecule has 0 saturated carbocycles. The number of hydrogen-bond acceptors (Lipinski definition) is 6. The van der Waals surface area contributed by atoms with E-state index < -0.39 is 5.60 Å². The Bertz CT molecular complexity index is 502. The normalized spacial score (nSPS) is 19.5. The number of ether oxygens (including phenoxy) is 5. The molecule has 1 aromatic rings. The molecule has 1 heterocycles. The molecule has 0 amide bonds. The summed E-state index contributed by atoms with van der Waals surface area (Å²) >= 11 is 2.28. The van der Waals surface area contributed by atoms with Gasteiger partial charge in [-0.1, -0.05) is 34.7 Å². The maximum Gasteiger partial charge on any atom is 0.119 e. The summed E-state index contributed by atoms with van der Waals surface area (Å²) in [7, 11) is 0. The summed E-state index contributed by atoms with van der Waals surface area (Å²) in [6.45, 7) is 7.64. The van der Waals surface area contributed by atoms with Gasteiger partial charge in [0.2, 0.25) is 0 Å². The van der Waals surface area contributed by atoms with Crippen LogP contribution < -0.4 is 4.74 Å². The Balaban J connectivity index is 1.49. The van der Waals surface area contributed by atoms with Crippen molar-refractivity contribution in [2.24, 2.45) is 0 Å². The zero-order valence-corrected chi connectivity index (χ0v) is 17.6. The minimum absolute atomic E-state index is 0.0284. The highest BCUT2D eigenvalue weighted by atomic mass is 127. The van der Waals surface area contributed by atoms with Crippen molar-refractivity contribution < 1.29 is 28.8 Å². The van der Waals surface area contributed by atoms with Gasteiger partial charge in [-0.05, 0) is 31.5 Å². The van der Waals surface area contributed by atoms with Crippen molar-refractivity contribution >= 4 is 22.6 Å². The fourth-order valence-electron chi connectivity index (χ4n) is 2.47. The molecule has 0 radical (unpaired) electrons. The Labute approximate surface area is 169 Å². The first kappa shape index (κ1) is 21.8. The SMILES string of the molecule is CC(C)(O)C1OC1c1ccc(OCCOCCOCCOCCI)cc1. The summed E-state index contributed by atoms with van der Waals surface area (Å²) < 4.78 is 28.4. The van der Waals surface area contributed by atoms with Gasteiger partial charge in [-0.3, -0.25) is 0 Å². The third kappa shape index (κ3) is 8.06. The van der Waals surface area contributed by atoms with E-state index in [4.69, 9.17) is 23.7 Å². The van der Waals surface area contributed by atoms with E-state index in [2.05, 4.69) is 22.6 Å². The van der Waals surface area contributed by atoms with E-state index in [9.17, 15) is 5.11 Å². The maximum atomic E-state index is 9.93. The van der Waals surface area contributed by atoms with Crippen LogP contribution in [-0.2, 0) is 18.9 Å². The van der Waals surface area contributed by atoms with Gasteiger partial charge in [0.15, 0.2) is 0 Å². The summed E-state index contributed by atoms with van der Waals surface area (Å²) in [5, 5.41) is 9.93. The van der Waals surface area contributed by atoms with Crippen LogP contribution in [0.4, 0.5) is 0 Å². The third-order valence-corrected chi connectivity index (χ3v) is 4.30. The standard InChI is InChI=1S/C19H29IO6/c1-19(2,21)18-17(26-18)15-3-5-16(6-4-15)25-14-13-24-12-11-23-10-9-22-8-7-20/h3-6,17-18,21H,7-14H2,1-2H3. The second-order valence-corrected chi connectivity index (χ2v) is 7.65. The highest BCUT2D eigenvalue weighted by Crippen LogP contribution is 2.44. The molecule has 1 aliphatic rings. The van der Waals surface area contributed by atoms with Gasteiger partial charge in [0.05, 0.1) is 45.2 Å². The van der Waals surface area contributed by atoms with Gasteiger partial charge in [0.1, 0.15) is 24.6 Å². The first-order valence-electron chi connectivity index (χ1n) is 8.92. The minimum atomic E-state index is -0.816. The molecule has 0 spiro atoms. The molecule has 2 rings (SSSR count). The molecule has 1 aliphatic heterocycles.